The molecule has 152 valence electrons. The van der Waals surface area contributed by atoms with Crippen molar-refractivity contribution in [3.8, 4) is 0 Å². The number of aliphatic imine (C=N–C) groups is 1. The first-order valence-electron chi connectivity index (χ1n) is 9.43. The van der Waals surface area contributed by atoms with Crippen molar-refractivity contribution in [1.82, 2.24) is 15.2 Å². The molecular formula is C21H30IN5O. The molecule has 7 heteroatoms. The molecule has 1 N–H and O–H groups in total. The van der Waals surface area contributed by atoms with E-state index in [4.69, 9.17) is 9.73 Å². The summed E-state index contributed by atoms with van der Waals surface area (Å²) >= 11 is 0. The van der Waals surface area contributed by atoms with Gasteiger partial charge >= 0.3 is 0 Å². The molecule has 0 bridgehead atoms. The fourth-order valence-electron chi connectivity index (χ4n) is 3.02. The Hall–Kier alpha value is -1.87. The second-order valence-corrected chi connectivity index (χ2v) is 7.03. The minimum Gasteiger partial charge on any atom is -0.375 e. The van der Waals surface area contributed by atoms with Gasteiger partial charge in [-0.15, -0.1) is 24.0 Å². The molecule has 1 aromatic heterocycles. The number of anilines is 1. The van der Waals surface area contributed by atoms with E-state index in [-0.39, 0.29) is 30.1 Å². The number of nitrogens with zero attached hydrogens (tertiary/aromatic N) is 4. The zero-order valence-electron chi connectivity index (χ0n) is 16.8. The predicted molar refractivity (Wildman–Crippen MR) is 125 cm³/mol. The Bertz CT molecular complexity index is 736. The van der Waals surface area contributed by atoms with E-state index in [1.807, 2.05) is 43.4 Å². The van der Waals surface area contributed by atoms with Crippen molar-refractivity contribution < 1.29 is 4.74 Å². The van der Waals surface area contributed by atoms with Crippen LogP contribution in [-0.2, 0) is 17.8 Å². The molecule has 2 heterocycles. The smallest absolute Gasteiger partial charge is 0.194 e. The standard InChI is InChI=1S/C21H29N5O.HI/c1-17-16-26(11-12-27-17)20-10-9-19(14-22-20)15-24-21(25(2)3)23-13-18-7-5-4-6-8-18;/h4-10,14,17H,11-13,15-16H2,1-3H3,(H,23,24);1H. The molecule has 1 unspecified atom stereocenters. The first-order chi connectivity index (χ1) is 13.1. The number of nitrogens with one attached hydrogen (secondary N) is 1. The summed E-state index contributed by atoms with van der Waals surface area (Å²) in [7, 11) is 4.00. The lowest BCUT2D eigenvalue weighted by molar-refractivity contribution is 0.0529. The molecule has 0 spiro atoms. The van der Waals surface area contributed by atoms with Crippen LogP contribution in [0.3, 0.4) is 0 Å². The van der Waals surface area contributed by atoms with Gasteiger partial charge in [-0.2, -0.15) is 0 Å². The Morgan fingerprint density at radius 1 is 1.21 bits per heavy atom. The third kappa shape index (κ3) is 6.63. The highest BCUT2D eigenvalue weighted by atomic mass is 127. The van der Waals surface area contributed by atoms with Crippen molar-refractivity contribution >= 4 is 35.8 Å². The zero-order valence-corrected chi connectivity index (χ0v) is 19.2. The first kappa shape index (κ1) is 22.4. The van der Waals surface area contributed by atoms with Gasteiger partial charge in [0.1, 0.15) is 5.82 Å². The number of hydrogen-bond donors (Lipinski definition) is 1. The maximum atomic E-state index is 5.60. The largest absolute Gasteiger partial charge is 0.375 e. The summed E-state index contributed by atoms with van der Waals surface area (Å²) in [6.07, 6.45) is 2.17. The summed E-state index contributed by atoms with van der Waals surface area (Å²) in [5, 5.41) is 3.41. The van der Waals surface area contributed by atoms with Gasteiger partial charge < -0.3 is 19.9 Å². The molecule has 1 saturated heterocycles. The van der Waals surface area contributed by atoms with E-state index in [1.54, 1.807) is 0 Å². The van der Waals surface area contributed by atoms with Gasteiger partial charge in [-0.05, 0) is 24.1 Å². The molecule has 1 aliphatic heterocycles. The van der Waals surface area contributed by atoms with Crippen molar-refractivity contribution in [3.63, 3.8) is 0 Å². The van der Waals surface area contributed by atoms with Crippen LogP contribution in [0.25, 0.3) is 0 Å². The maximum Gasteiger partial charge on any atom is 0.194 e. The number of ether oxygens (including phenoxy) is 1. The molecule has 1 fully saturated rings. The number of morpholine rings is 1. The highest BCUT2D eigenvalue weighted by molar-refractivity contribution is 14.0. The normalized spacial score (nSPS) is 17.0. The molecule has 0 radical (unpaired) electrons. The molecule has 1 aliphatic rings. The van der Waals surface area contributed by atoms with Crippen molar-refractivity contribution in [1.29, 1.82) is 0 Å². The van der Waals surface area contributed by atoms with E-state index in [0.29, 0.717) is 6.54 Å². The fourth-order valence-corrected chi connectivity index (χ4v) is 3.02. The van der Waals surface area contributed by atoms with Gasteiger partial charge in [0.15, 0.2) is 5.96 Å². The number of aromatic nitrogens is 1. The second kappa shape index (κ2) is 11.2. The molecule has 2 aromatic rings. The average Bonchev–Trinajstić information content (AvgIpc) is 2.69. The molecule has 0 aliphatic carbocycles. The molecule has 28 heavy (non-hydrogen) atoms. The van der Waals surface area contributed by atoms with Gasteiger partial charge in [-0.1, -0.05) is 36.4 Å². The number of guanidine groups is 1. The monoisotopic (exact) mass is 495 g/mol. The highest BCUT2D eigenvalue weighted by Crippen LogP contribution is 2.15. The Morgan fingerprint density at radius 3 is 2.64 bits per heavy atom. The zero-order chi connectivity index (χ0) is 19.1. The van der Waals surface area contributed by atoms with Crippen molar-refractivity contribution in [2.75, 3.05) is 38.7 Å². The summed E-state index contributed by atoms with van der Waals surface area (Å²) in [6.45, 7) is 5.99. The van der Waals surface area contributed by atoms with E-state index in [2.05, 4.69) is 46.4 Å². The van der Waals surface area contributed by atoms with Crippen LogP contribution in [0.4, 0.5) is 5.82 Å². The van der Waals surface area contributed by atoms with Gasteiger partial charge in [-0.25, -0.2) is 9.98 Å². The summed E-state index contributed by atoms with van der Waals surface area (Å²) in [6, 6.07) is 14.5. The van der Waals surface area contributed by atoms with E-state index < -0.39 is 0 Å². The predicted octanol–water partition coefficient (Wildman–Crippen LogP) is 3.13. The van der Waals surface area contributed by atoms with Gasteiger partial charge in [0.2, 0.25) is 0 Å². The maximum absolute atomic E-state index is 5.60. The Kier molecular flexibility index (Phi) is 8.98. The SMILES string of the molecule is CC1CN(c2ccc(CN=C(NCc3ccccc3)N(C)C)cn2)CCO1.I. The highest BCUT2D eigenvalue weighted by Gasteiger charge is 2.17. The Morgan fingerprint density at radius 2 is 2.00 bits per heavy atom. The van der Waals surface area contributed by atoms with E-state index in [1.165, 1.54) is 5.56 Å². The second-order valence-electron chi connectivity index (χ2n) is 7.03. The van der Waals surface area contributed by atoms with E-state index >= 15 is 0 Å². The Labute approximate surface area is 185 Å². The van der Waals surface area contributed by atoms with Gasteiger partial charge in [0.05, 0.1) is 19.3 Å². The van der Waals surface area contributed by atoms with Crippen LogP contribution >= 0.6 is 24.0 Å². The van der Waals surface area contributed by atoms with E-state index in [0.717, 1.165) is 43.6 Å². The molecule has 0 saturated carbocycles. The molecule has 1 atom stereocenters. The number of rotatable bonds is 5. The lowest BCUT2D eigenvalue weighted by Gasteiger charge is -2.32. The molecule has 6 nitrogen and oxygen atoms in total. The van der Waals surface area contributed by atoms with Crippen molar-refractivity contribution in [2.24, 2.45) is 4.99 Å². The molecule has 0 amide bonds. The lowest BCUT2D eigenvalue weighted by atomic mass is 10.2. The van der Waals surface area contributed by atoms with Crippen LogP contribution in [0.5, 0.6) is 0 Å². The third-order valence-electron chi connectivity index (χ3n) is 4.50. The number of halogens is 1. The minimum absolute atomic E-state index is 0. The summed E-state index contributed by atoms with van der Waals surface area (Å²) < 4.78 is 5.60. The third-order valence-corrected chi connectivity index (χ3v) is 4.50. The van der Waals surface area contributed by atoms with E-state index in [9.17, 15) is 0 Å². The number of hydrogen-bond acceptors (Lipinski definition) is 4. The van der Waals surface area contributed by atoms with Crippen LogP contribution in [0, 0.1) is 0 Å². The summed E-state index contributed by atoms with van der Waals surface area (Å²) in [5.41, 5.74) is 2.33. The topological polar surface area (TPSA) is 53.0 Å². The quantitative estimate of drug-likeness (QED) is 0.393. The number of benzene rings is 1. The van der Waals surface area contributed by atoms with Gasteiger partial charge in [0.25, 0.3) is 0 Å². The lowest BCUT2D eigenvalue weighted by Crippen LogP contribution is -2.41. The van der Waals surface area contributed by atoms with Crippen LogP contribution in [-0.4, -0.2) is 55.7 Å². The van der Waals surface area contributed by atoms with Crippen LogP contribution in [0.1, 0.15) is 18.1 Å². The first-order valence-corrected chi connectivity index (χ1v) is 9.43. The van der Waals surface area contributed by atoms with Crippen molar-refractivity contribution in [3.05, 3.63) is 59.8 Å². The fraction of sp³-hybridized carbons (Fsp3) is 0.429. The summed E-state index contributed by atoms with van der Waals surface area (Å²) in [5.74, 6) is 1.87. The van der Waals surface area contributed by atoms with Crippen molar-refractivity contribution in [2.45, 2.75) is 26.1 Å². The minimum atomic E-state index is 0. The summed E-state index contributed by atoms with van der Waals surface area (Å²) in [4.78, 5) is 13.6. The molecule has 1 aromatic carbocycles. The average molecular weight is 495 g/mol. The van der Waals surface area contributed by atoms with Crippen LogP contribution in [0.2, 0.25) is 0 Å². The van der Waals surface area contributed by atoms with Gasteiger partial charge in [-0.3, -0.25) is 0 Å². The molecule has 3 rings (SSSR count). The van der Waals surface area contributed by atoms with Crippen LogP contribution < -0.4 is 10.2 Å². The number of pyridine rings is 1. The Balaban J connectivity index is 0.00000280. The molecular weight excluding hydrogens is 465 g/mol. The van der Waals surface area contributed by atoms with Gasteiger partial charge in [0, 0.05) is 39.9 Å². The van der Waals surface area contributed by atoms with Crippen LogP contribution in [0.15, 0.2) is 53.7 Å².